The number of hydrogen-bond acceptors (Lipinski definition) is 5. The molecule has 0 radical (unpaired) electrons. The van der Waals surface area contributed by atoms with Crippen molar-refractivity contribution >= 4 is 11.6 Å². The molecule has 1 N–H and O–H groups in total. The average Bonchev–Trinajstić information content (AvgIpc) is 3.41. The number of aliphatic hydroxyl groups is 1. The lowest BCUT2D eigenvalue weighted by Crippen LogP contribution is -2.22. The Kier molecular flexibility index (Phi) is 4.77. The number of nitriles is 1. The summed E-state index contributed by atoms with van der Waals surface area (Å²) in [6.45, 7) is 0.381. The second kappa shape index (κ2) is 7.76. The minimum absolute atomic E-state index is 0.0826. The third kappa shape index (κ3) is 3.23. The van der Waals surface area contributed by atoms with E-state index in [1.54, 1.807) is 29.4 Å². The van der Waals surface area contributed by atoms with Crippen LogP contribution in [0, 0.1) is 11.3 Å². The first-order valence-electron chi connectivity index (χ1n) is 10.1. The fourth-order valence-electron chi connectivity index (χ4n) is 4.07. The number of aryl methyl sites for hydroxylation is 1. The van der Waals surface area contributed by atoms with Crippen LogP contribution in [0.1, 0.15) is 27.0 Å². The van der Waals surface area contributed by atoms with Crippen molar-refractivity contribution in [3.05, 3.63) is 89.2 Å². The molecule has 0 fully saturated rings. The maximum absolute atomic E-state index is 13.1. The fraction of sp³-hybridized carbons (Fsp3) is 0.120. The third-order valence-corrected chi connectivity index (χ3v) is 5.73. The molecule has 0 saturated heterocycles. The molecule has 1 amide bonds. The summed E-state index contributed by atoms with van der Waals surface area (Å²) >= 11 is 0. The van der Waals surface area contributed by atoms with Gasteiger partial charge in [0.15, 0.2) is 5.82 Å². The van der Waals surface area contributed by atoms with Gasteiger partial charge in [0.05, 0.1) is 24.8 Å². The number of amides is 1. The van der Waals surface area contributed by atoms with Gasteiger partial charge >= 0.3 is 0 Å². The number of aromatic nitrogens is 3. The van der Waals surface area contributed by atoms with Gasteiger partial charge < -0.3 is 14.6 Å². The number of aliphatic hydroxyl groups excluding tert-OH is 1. The zero-order valence-electron chi connectivity index (χ0n) is 17.4. The molecule has 0 bridgehead atoms. The smallest absolute Gasteiger partial charge is 0.258 e. The van der Waals surface area contributed by atoms with Crippen LogP contribution in [0.2, 0.25) is 0 Å². The van der Waals surface area contributed by atoms with Crippen LogP contribution in [0.4, 0.5) is 5.69 Å². The number of benzene rings is 3. The van der Waals surface area contributed by atoms with E-state index in [4.69, 9.17) is 0 Å². The molecule has 7 nitrogen and oxygen atoms in total. The minimum Gasteiger partial charge on any atom is -0.392 e. The van der Waals surface area contributed by atoms with Crippen molar-refractivity contribution in [2.75, 3.05) is 4.90 Å². The normalized spacial score (nSPS) is 12.7. The second-order valence-corrected chi connectivity index (χ2v) is 7.73. The number of anilines is 1. The summed E-state index contributed by atoms with van der Waals surface area (Å²) in [5.41, 5.74) is 6.20. The fourth-order valence-corrected chi connectivity index (χ4v) is 4.07. The van der Waals surface area contributed by atoms with E-state index < -0.39 is 0 Å². The minimum atomic E-state index is -0.0977. The molecular formula is C25H19N5O2. The molecule has 0 unspecified atom stereocenters. The molecule has 1 aliphatic heterocycles. The molecule has 4 aromatic rings. The van der Waals surface area contributed by atoms with Gasteiger partial charge in [-0.3, -0.25) is 4.79 Å². The molecule has 2 heterocycles. The van der Waals surface area contributed by atoms with Crippen LogP contribution in [0.15, 0.2) is 67.0 Å². The maximum Gasteiger partial charge on any atom is 0.258 e. The van der Waals surface area contributed by atoms with Crippen LogP contribution < -0.4 is 4.90 Å². The highest BCUT2D eigenvalue weighted by Crippen LogP contribution is 2.35. The van der Waals surface area contributed by atoms with E-state index in [9.17, 15) is 15.2 Å². The highest BCUT2D eigenvalue weighted by atomic mass is 16.3. The molecule has 3 aromatic carbocycles. The summed E-state index contributed by atoms with van der Waals surface area (Å²) < 4.78 is 1.81. The number of rotatable bonds is 4. The summed E-state index contributed by atoms with van der Waals surface area (Å²) in [6.07, 6.45) is 1.62. The SMILES string of the molecule is Cn1cnnc1-c1cc(C#N)ccc1-c1cccc(N2Cc3ccc(CO)cc3C2=O)c1. The maximum atomic E-state index is 13.1. The van der Waals surface area contributed by atoms with Crippen molar-refractivity contribution in [3.63, 3.8) is 0 Å². The highest BCUT2D eigenvalue weighted by molar-refractivity contribution is 6.10. The van der Waals surface area contributed by atoms with E-state index in [1.807, 2.05) is 54.1 Å². The van der Waals surface area contributed by atoms with Crippen LogP contribution in [0.25, 0.3) is 22.5 Å². The van der Waals surface area contributed by atoms with Crippen molar-refractivity contribution in [2.24, 2.45) is 7.05 Å². The van der Waals surface area contributed by atoms with E-state index >= 15 is 0 Å². The van der Waals surface area contributed by atoms with E-state index in [1.165, 1.54) is 0 Å². The quantitative estimate of drug-likeness (QED) is 0.542. The van der Waals surface area contributed by atoms with E-state index in [0.29, 0.717) is 23.5 Å². The Morgan fingerprint density at radius 2 is 1.94 bits per heavy atom. The van der Waals surface area contributed by atoms with Gasteiger partial charge in [-0.15, -0.1) is 10.2 Å². The summed E-state index contributed by atoms with van der Waals surface area (Å²) in [5.74, 6) is 0.574. The molecule has 1 aliphatic rings. The van der Waals surface area contributed by atoms with Crippen LogP contribution in [0.3, 0.4) is 0 Å². The molecule has 0 atom stereocenters. The number of carbonyl (C=O) groups excluding carboxylic acids is 1. The van der Waals surface area contributed by atoms with Crippen molar-refractivity contribution in [2.45, 2.75) is 13.2 Å². The topological polar surface area (TPSA) is 95.0 Å². The molecule has 7 heteroatoms. The van der Waals surface area contributed by atoms with E-state index in [-0.39, 0.29) is 12.5 Å². The van der Waals surface area contributed by atoms with Gasteiger partial charge in [0, 0.05) is 23.9 Å². The average molecular weight is 421 g/mol. The molecule has 5 rings (SSSR count). The highest BCUT2D eigenvalue weighted by Gasteiger charge is 2.29. The molecule has 156 valence electrons. The first-order chi connectivity index (χ1) is 15.6. The van der Waals surface area contributed by atoms with Crippen LogP contribution >= 0.6 is 0 Å². The lowest BCUT2D eigenvalue weighted by atomic mass is 9.96. The Morgan fingerprint density at radius 1 is 1.06 bits per heavy atom. The number of carbonyl (C=O) groups is 1. The molecule has 0 saturated carbocycles. The van der Waals surface area contributed by atoms with Gasteiger partial charge in [-0.05, 0) is 52.6 Å². The third-order valence-electron chi connectivity index (χ3n) is 5.73. The van der Waals surface area contributed by atoms with Crippen molar-refractivity contribution < 1.29 is 9.90 Å². The summed E-state index contributed by atoms with van der Waals surface area (Å²) in [6, 6.07) is 20.9. The number of fused-ring (bicyclic) bond motifs is 1. The standard InChI is InChI=1S/C25H19N5O2/c1-29-15-27-28-24(29)23-9-16(12-26)6-8-21(23)18-3-2-4-20(11-18)30-13-19-7-5-17(14-31)10-22(19)25(30)32/h2-11,15,31H,13-14H2,1H3. The molecule has 1 aromatic heterocycles. The van der Waals surface area contributed by atoms with Crippen molar-refractivity contribution in [3.8, 4) is 28.6 Å². The molecule has 0 aliphatic carbocycles. The van der Waals surface area contributed by atoms with Crippen LogP contribution in [-0.2, 0) is 20.2 Å². The van der Waals surface area contributed by atoms with Crippen LogP contribution in [-0.4, -0.2) is 25.8 Å². The first-order valence-corrected chi connectivity index (χ1v) is 10.1. The summed E-state index contributed by atoms with van der Waals surface area (Å²) in [5, 5.41) is 27.0. The zero-order chi connectivity index (χ0) is 22.2. The predicted molar refractivity (Wildman–Crippen MR) is 119 cm³/mol. The second-order valence-electron chi connectivity index (χ2n) is 7.73. The Bertz CT molecular complexity index is 1400. The monoisotopic (exact) mass is 421 g/mol. The molecule has 0 spiro atoms. The number of hydrogen-bond donors (Lipinski definition) is 1. The molecule has 32 heavy (non-hydrogen) atoms. The Morgan fingerprint density at radius 3 is 2.69 bits per heavy atom. The van der Waals surface area contributed by atoms with Crippen LogP contribution in [0.5, 0.6) is 0 Å². The Labute approximate surface area is 184 Å². The lowest BCUT2D eigenvalue weighted by Gasteiger charge is -2.18. The van der Waals surface area contributed by atoms with Gasteiger partial charge in [-0.2, -0.15) is 5.26 Å². The van der Waals surface area contributed by atoms with Gasteiger partial charge in [-0.1, -0.05) is 30.3 Å². The zero-order valence-corrected chi connectivity index (χ0v) is 17.4. The van der Waals surface area contributed by atoms with E-state index in [2.05, 4.69) is 16.3 Å². The van der Waals surface area contributed by atoms with Gasteiger partial charge in [0.1, 0.15) is 6.33 Å². The largest absolute Gasteiger partial charge is 0.392 e. The van der Waals surface area contributed by atoms with Crippen molar-refractivity contribution in [1.82, 2.24) is 14.8 Å². The van der Waals surface area contributed by atoms with Gasteiger partial charge in [0.2, 0.25) is 0 Å². The van der Waals surface area contributed by atoms with Crippen molar-refractivity contribution in [1.29, 1.82) is 5.26 Å². The predicted octanol–water partition coefficient (Wildman–Crippen LogP) is 3.67. The molecular weight excluding hydrogens is 402 g/mol. The van der Waals surface area contributed by atoms with Gasteiger partial charge in [-0.25, -0.2) is 0 Å². The Hall–Kier alpha value is -4.28. The van der Waals surface area contributed by atoms with E-state index in [0.717, 1.165) is 33.5 Å². The summed E-state index contributed by atoms with van der Waals surface area (Å²) in [4.78, 5) is 14.8. The Balaban J connectivity index is 1.57. The number of nitrogens with zero attached hydrogens (tertiary/aromatic N) is 5. The first kappa shape index (κ1) is 19.7. The summed E-state index contributed by atoms with van der Waals surface area (Å²) in [7, 11) is 1.86. The van der Waals surface area contributed by atoms with Gasteiger partial charge in [0.25, 0.3) is 5.91 Å². The lowest BCUT2D eigenvalue weighted by molar-refractivity contribution is 0.0996.